The van der Waals surface area contributed by atoms with Gasteiger partial charge in [-0.3, -0.25) is 9.69 Å². The second-order valence-corrected chi connectivity index (χ2v) is 10.4. The molecule has 4 fully saturated rings. The SMILES string of the molecule is O=C(Nc1cc2cc(C3CCN(C4COC4)CC3)c(Cl)cc2cn1)[C@H]1CC12CCOCC2. The van der Waals surface area contributed by atoms with Gasteiger partial charge in [0.15, 0.2) is 0 Å². The van der Waals surface area contributed by atoms with Gasteiger partial charge in [-0.05, 0) is 85.7 Å². The molecule has 0 radical (unpaired) electrons. The van der Waals surface area contributed by atoms with Crippen molar-refractivity contribution in [3.63, 3.8) is 0 Å². The normalized spacial score (nSPS) is 26.2. The number of halogens is 1. The first kappa shape index (κ1) is 20.8. The molecule has 32 heavy (non-hydrogen) atoms. The van der Waals surface area contributed by atoms with Crippen LogP contribution in [0.5, 0.6) is 0 Å². The molecule has 3 saturated heterocycles. The summed E-state index contributed by atoms with van der Waals surface area (Å²) >= 11 is 6.69. The lowest BCUT2D eigenvalue weighted by atomic mass is 9.87. The van der Waals surface area contributed by atoms with Crippen LogP contribution in [0.25, 0.3) is 10.8 Å². The number of nitrogens with one attached hydrogen (secondary N) is 1. The van der Waals surface area contributed by atoms with E-state index in [1.54, 1.807) is 0 Å². The van der Waals surface area contributed by atoms with Gasteiger partial charge in [-0.15, -0.1) is 0 Å². The van der Waals surface area contributed by atoms with Crippen LogP contribution in [0.3, 0.4) is 0 Å². The molecule has 7 heteroatoms. The van der Waals surface area contributed by atoms with Crippen LogP contribution in [-0.2, 0) is 14.3 Å². The average Bonchev–Trinajstić information content (AvgIpc) is 3.46. The van der Waals surface area contributed by atoms with Crippen LogP contribution in [0.15, 0.2) is 24.4 Å². The predicted octanol–water partition coefficient (Wildman–Crippen LogP) is 4.22. The van der Waals surface area contributed by atoms with Crippen LogP contribution >= 0.6 is 11.6 Å². The maximum Gasteiger partial charge on any atom is 0.229 e. The topological polar surface area (TPSA) is 63.7 Å². The number of likely N-dealkylation sites (tertiary alicyclic amines) is 1. The maximum atomic E-state index is 12.8. The van der Waals surface area contributed by atoms with Gasteiger partial charge in [-0.1, -0.05) is 11.6 Å². The third-order valence-electron chi connectivity index (χ3n) is 8.19. The molecule has 1 aliphatic carbocycles. The minimum Gasteiger partial charge on any atom is -0.381 e. The highest BCUT2D eigenvalue weighted by Gasteiger charge is 2.58. The lowest BCUT2D eigenvalue weighted by Gasteiger charge is -2.41. The van der Waals surface area contributed by atoms with Gasteiger partial charge in [-0.25, -0.2) is 4.98 Å². The van der Waals surface area contributed by atoms with Gasteiger partial charge in [0.2, 0.25) is 5.91 Å². The zero-order chi connectivity index (χ0) is 21.7. The summed E-state index contributed by atoms with van der Waals surface area (Å²) in [5.41, 5.74) is 1.39. The molecule has 6 rings (SSSR count). The van der Waals surface area contributed by atoms with Crippen molar-refractivity contribution in [3.8, 4) is 0 Å². The van der Waals surface area contributed by atoms with Gasteiger partial charge in [0.25, 0.3) is 0 Å². The van der Waals surface area contributed by atoms with Crippen molar-refractivity contribution in [2.75, 3.05) is 44.8 Å². The molecule has 4 aliphatic rings. The summed E-state index contributed by atoms with van der Waals surface area (Å²) in [5.74, 6) is 1.29. The number of hydrogen-bond donors (Lipinski definition) is 1. The van der Waals surface area contributed by atoms with Gasteiger partial charge in [0, 0.05) is 35.7 Å². The molecule has 1 saturated carbocycles. The summed E-state index contributed by atoms with van der Waals surface area (Å²) in [5, 5.41) is 5.98. The number of benzene rings is 1. The lowest BCUT2D eigenvalue weighted by Crippen LogP contribution is -2.51. The molecule has 6 nitrogen and oxygen atoms in total. The van der Waals surface area contributed by atoms with Gasteiger partial charge in [-0.2, -0.15) is 0 Å². The Morgan fingerprint density at radius 1 is 1.09 bits per heavy atom. The third kappa shape index (κ3) is 3.81. The number of fused-ring (bicyclic) bond motifs is 1. The summed E-state index contributed by atoms with van der Waals surface area (Å²) in [6, 6.07) is 6.83. The summed E-state index contributed by atoms with van der Waals surface area (Å²) in [6.07, 6.45) is 7.00. The number of ether oxygens (including phenoxy) is 2. The van der Waals surface area contributed by atoms with E-state index < -0.39 is 0 Å². The van der Waals surface area contributed by atoms with Gasteiger partial charge >= 0.3 is 0 Å². The number of hydrogen-bond acceptors (Lipinski definition) is 5. The number of carbonyl (C=O) groups is 1. The highest BCUT2D eigenvalue weighted by atomic mass is 35.5. The molecular weight excluding hydrogens is 426 g/mol. The standard InChI is InChI=1S/C25H30ClN3O3/c26-22-10-18-13-27-23(28-24(30)21-12-25(21)3-7-31-8-4-25)11-17(18)9-20(22)16-1-5-29(6-2-16)19-14-32-15-19/h9-11,13,16,19,21H,1-8,12,14-15H2,(H,27,28,30)/t21-/m1/s1. The van der Waals surface area contributed by atoms with Crippen molar-refractivity contribution < 1.29 is 14.3 Å². The van der Waals surface area contributed by atoms with Crippen molar-refractivity contribution in [1.82, 2.24) is 9.88 Å². The summed E-state index contributed by atoms with van der Waals surface area (Å²) in [4.78, 5) is 19.9. The van der Waals surface area contributed by atoms with Gasteiger partial charge < -0.3 is 14.8 Å². The number of pyridine rings is 1. The second kappa shape index (κ2) is 8.24. The average molecular weight is 456 g/mol. The number of aromatic nitrogens is 1. The van der Waals surface area contributed by atoms with E-state index in [2.05, 4.69) is 21.3 Å². The third-order valence-corrected chi connectivity index (χ3v) is 8.52. The summed E-state index contributed by atoms with van der Waals surface area (Å²) in [7, 11) is 0. The Hall–Kier alpha value is -1.73. The van der Waals surface area contributed by atoms with Crippen molar-refractivity contribution in [2.24, 2.45) is 11.3 Å². The van der Waals surface area contributed by atoms with Crippen molar-refractivity contribution >= 4 is 34.1 Å². The molecule has 1 atom stereocenters. The zero-order valence-corrected chi connectivity index (χ0v) is 19.1. The van der Waals surface area contributed by atoms with Crippen LogP contribution in [0.2, 0.25) is 5.02 Å². The molecule has 1 spiro atoms. The fourth-order valence-corrected chi connectivity index (χ4v) is 6.16. The number of nitrogens with zero attached hydrogens (tertiary/aromatic N) is 2. The highest BCUT2D eigenvalue weighted by molar-refractivity contribution is 6.32. The van der Waals surface area contributed by atoms with Crippen LogP contribution < -0.4 is 5.32 Å². The predicted molar refractivity (Wildman–Crippen MR) is 124 cm³/mol. The number of anilines is 1. The van der Waals surface area contributed by atoms with E-state index in [-0.39, 0.29) is 17.2 Å². The molecule has 1 aromatic heterocycles. The van der Waals surface area contributed by atoms with E-state index >= 15 is 0 Å². The van der Waals surface area contributed by atoms with Crippen molar-refractivity contribution in [2.45, 2.75) is 44.1 Å². The highest BCUT2D eigenvalue weighted by Crippen LogP contribution is 2.59. The Bertz CT molecular complexity index is 1030. The van der Waals surface area contributed by atoms with E-state index in [1.165, 1.54) is 5.56 Å². The minimum atomic E-state index is 0.0935. The summed E-state index contributed by atoms with van der Waals surface area (Å²) < 4.78 is 10.8. The Balaban J connectivity index is 1.16. The van der Waals surface area contributed by atoms with E-state index in [1.807, 2.05) is 18.3 Å². The van der Waals surface area contributed by atoms with Crippen LogP contribution in [-0.4, -0.2) is 61.3 Å². The molecule has 4 heterocycles. The molecule has 1 aromatic carbocycles. The first-order valence-electron chi connectivity index (χ1n) is 11.9. The van der Waals surface area contributed by atoms with Crippen molar-refractivity contribution in [1.29, 1.82) is 0 Å². The Morgan fingerprint density at radius 3 is 2.59 bits per heavy atom. The molecule has 2 aromatic rings. The molecule has 170 valence electrons. The van der Waals surface area contributed by atoms with Crippen LogP contribution in [0.1, 0.15) is 43.6 Å². The van der Waals surface area contributed by atoms with E-state index in [0.717, 1.165) is 87.4 Å². The van der Waals surface area contributed by atoms with Crippen LogP contribution in [0, 0.1) is 11.3 Å². The van der Waals surface area contributed by atoms with Gasteiger partial charge in [0.1, 0.15) is 5.82 Å². The fraction of sp³-hybridized carbons (Fsp3) is 0.600. The Morgan fingerprint density at radius 2 is 1.88 bits per heavy atom. The van der Waals surface area contributed by atoms with Gasteiger partial charge in [0.05, 0.1) is 19.3 Å². The number of rotatable bonds is 4. The zero-order valence-electron chi connectivity index (χ0n) is 18.3. The second-order valence-electron chi connectivity index (χ2n) is 10.0. The van der Waals surface area contributed by atoms with Crippen LogP contribution in [0.4, 0.5) is 5.82 Å². The monoisotopic (exact) mass is 455 g/mol. The molecule has 1 amide bonds. The quantitative estimate of drug-likeness (QED) is 0.747. The van der Waals surface area contributed by atoms with E-state index in [4.69, 9.17) is 21.1 Å². The molecule has 3 aliphatic heterocycles. The Labute approximate surface area is 193 Å². The van der Waals surface area contributed by atoms with E-state index in [0.29, 0.717) is 17.8 Å². The smallest absolute Gasteiger partial charge is 0.229 e. The molecule has 0 bridgehead atoms. The molecule has 0 unspecified atom stereocenters. The van der Waals surface area contributed by atoms with E-state index in [9.17, 15) is 4.79 Å². The molecule has 1 N–H and O–H groups in total. The lowest BCUT2D eigenvalue weighted by molar-refractivity contribution is -0.118. The minimum absolute atomic E-state index is 0.0935. The first-order valence-corrected chi connectivity index (χ1v) is 12.3. The number of carbonyl (C=O) groups excluding carboxylic acids is 1. The number of piperidine rings is 1. The fourth-order valence-electron chi connectivity index (χ4n) is 5.84. The van der Waals surface area contributed by atoms with Crippen molar-refractivity contribution in [3.05, 3.63) is 35.0 Å². The largest absolute Gasteiger partial charge is 0.381 e. The first-order chi connectivity index (χ1) is 15.6. The molecular formula is C25H30ClN3O3. The maximum absolute atomic E-state index is 12.8. The summed E-state index contributed by atoms with van der Waals surface area (Å²) in [6.45, 7) is 5.49. The number of amides is 1. The Kier molecular flexibility index (Phi) is 5.37.